The molecule has 0 bridgehead atoms. The number of hydrogen-bond donors (Lipinski definition) is 3. The summed E-state index contributed by atoms with van der Waals surface area (Å²) in [4.78, 5) is 8.59. The van der Waals surface area contributed by atoms with Gasteiger partial charge in [-0.25, -0.2) is 13.4 Å². The van der Waals surface area contributed by atoms with E-state index >= 15 is 0 Å². The highest BCUT2D eigenvalue weighted by atomic mass is 35.5. The molecule has 31 heavy (non-hydrogen) atoms. The minimum absolute atomic E-state index is 0.0849. The second kappa shape index (κ2) is 8.84. The topological polar surface area (TPSA) is 96.0 Å². The number of anilines is 3. The van der Waals surface area contributed by atoms with Gasteiger partial charge < -0.3 is 10.6 Å². The molecular formula is C21H16ClN5O2S2. The number of aromatic nitrogens is 2. The number of para-hydroxylation sites is 2. The van der Waals surface area contributed by atoms with Crippen molar-refractivity contribution < 1.29 is 8.42 Å². The molecule has 0 radical (unpaired) electrons. The number of thiocarbonyl (C=S) groups is 1. The van der Waals surface area contributed by atoms with E-state index in [2.05, 4.69) is 25.3 Å². The first kappa shape index (κ1) is 21.0. The second-order valence-electron chi connectivity index (χ2n) is 6.46. The molecule has 0 saturated heterocycles. The van der Waals surface area contributed by atoms with Gasteiger partial charge in [0, 0.05) is 16.4 Å². The average molecular weight is 470 g/mol. The Morgan fingerprint density at radius 3 is 2.32 bits per heavy atom. The van der Waals surface area contributed by atoms with E-state index in [1.807, 2.05) is 18.2 Å². The third-order valence-electron chi connectivity index (χ3n) is 4.19. The highest BCUT2D eigenvalue weighted by Crippen LogP contribution is 2.19. The Balaban J connectivity index is 1.44. The molecule has 0 fully saturated rings. The summed E-state index contributed by atoms with van der Waals surface area (Å²) in [6.45, 7) is 0. The lowest BCUT2D eigenvalue weighted by atomic mass is 10.3. The molecule has 10 heteroatoms. The fourth-order valence-corrected chi connectivity index (χ4v) is 4.19. The Morgan fingerprint density at radius 1 is 0.871 bits per heavy atom. The summed E-state index contributed by atoms with van der Waals surface area (Å²) < 4.78 is 27.8. The van der Waals surface area contributed by atoms with E-state index < -0.39 is 10.0 Å². The SMILES string of the molecule is O=S(=O)(Nc1cnc2ccccc2n1)c1ccc(NC(=S)Nc2cccc(Cl)c2)cc1. The van der Waals surface area contributed by atoms with Crippen molar-refractivity contribution in [3.8, 4) is 0 Å². The van der Waals surface area contributed by atoms with Gasteiger partial charge in [-0.2, -0.15) is 0 Å². The highest BCUT2D eigenvalue weighted by Gasteiger charge is 2.15. The highest BCUT2D eigenvalue weighted by molar-refractivity contribution is 7.92. The maximum absolute atomic E-state index is 12.7. The molecule has 0 aliphatic rings. The van der Waals surface area contributed by atoms with Crippen molar-refractivity contribution in [2.45, 2.75) is 4.90 Å². The van der Waals surface area contributed by atoms with E-state index in [-0.39, 0.29) is 10.7 Å². The third kappa shape index (κ3) is 5.26. The Bertz CT molecular complexity index is 1360. The monoisotopic (exact) mass is 469 g/mol. The van der Waals surface area contributed by atoms with Crippen molar-refractivity contribution in [1.29, 1.82) is 0 Å². The van der Waals surface area contributed by atoms with E-state index in [0.29, 0.717) is 26.9 Å². The maximum Gasteiger partial charge on any atom is 0.263 e. The van der Waals surface area contributed by atoms with Crippen LogP contribution in [0.1, 0.15) is 0 Å². The molecule has 0 spiro atoms. The summed E-state index contributed by atoms with van der Waals surface area (Å²) in [7, 11) is -3.82. The molecule has 0 amide bonds. The molecule has 4 rings (SSSR count). The first-order valence-corrected chi connectivity index (χ1v) is 11.3. The van der Waals surface area contributed by atoms with E-state index in [9.17, 15) is 8.42 Å². The average Bonchev–Trinajstić information content (AvgIpc) is 2.74. The van der Waals surface area contributed by atoms with Crippen molar-refractivity contribution in [2.75, 3.05) is 15.4 Å². The fraction of sp³-hybridized carbons (Fsp3) is 0. The lowest BCUT2D eigenvalue weighted by Crippen LogP contribution is -2.19. The Kier molecular flexibility index (Phi) is 5.99. The van der Waals surface area contributed by atoms with Gasteiger partial charge in [0.1, 0.15) is 0 Å². The number of halogens is 1. The molecular weight excluding hydrogens is 454 g/mol. The number of hydrogen-bond acceptors (Lipinski definition) is 5. The molecule has 0 saturated carbocycles. The normalized spacial score (nSPS) is 11.1. The van der Waals surface area contributed by atoms with Crippen LogP contribution in [0.15, 0.2) is 83.9 Å². The summed E-state index contributed by atoms with van der Waals surface area (Å²) in [6, 6.07) is 20.5. The van der Waals surface area contributed by atoms with Crippen LogP contribution in [0.2, 0.25) is 5.02 Å². The zero-order valence-electron chi connectivity index (χ0n) is 15.9. The van der Waals surface area contributed by atoms with Crippen molar-refractivity contribution in [1.82, 2.24) is 9.97 Å². The maximum atomic E-state index is 12.7. The minimum atomic E-state index is -3.82. The molecule has 7 nitrogen and oxygen atoms in total. The lowest BCUT2D eigenvalue weighted by molar-refractivity contribution is 0.601. The Morgan fingerprint density at radius 2 is 1.58 bits per heavy atom. The van der Waals surface area contributed by atoms with Gasteiger partial charge in [0.25, 0.3) is 10.0 Å². The quantitative estimate of drug-likeness (QED) is 0.358. The third-order valence-corrected chi connectivity index (χ3v) is 6.00. The van der Waals surface area contributed by atoms with E-state index in [4.69, 9.17) is 23.8 Å². The first-order chi connectivity index (χ1) is 14.9. The van der Waals surface area contributed by atoms with Crippen molar-refractivity contribution >= 4 is 67.2 Å². The number of rotatable bonds is 5. The molecule has 4 aromatic rings. The van der Waals surface area contributed by atoms with Gasteiger partial charge >= 0.3 is 0 Å². The molecule has 0 aliphatic carbocycles. The van der Waals surface area contributed by atoms with Crippen LogP contribution >= 0.6 is 23.8 Å². The number of sulfonamides is 1. The van der Waals surface area contributed by atoms with Gasteiger partial charge in [-0.1, -0.05) is 29.8 Å². The summed E-state index contributed by atoms with van der Waals surface area (Å²) in [5.74, 6) is 0.146. The molecule has 1 heterocycles. The van der Waals surface area contributed by atoms with Crippen LogP contribution in [-0.2, 0) is 10.0 Å². The predicted octanol–water partition coefficient (Wildman–Crippen LogP) is 4.89. The summed E-state index contributed by atoms with van der Waals surface area (Å²) in [6.07, 6.45) is 1.38. The van der Waals surface area contributed by atoms with Crippen LogP contribution in [0.25, 0.3) is 11.0 Å². The van der Waals surface area contributed by atoms with E-state index in [1.165, 1.54) is 18.3 Å². The van der Waals surface area contributed by atoms with Crippen molar-refractivity contribution in [2.24, 2.45) is 0 Å². The summed E-state index contributed by atoms with van der Waals surface area (Å²) in [5, 5.41) is 6.95. The standard InChI is InChI=1S/C21H16ClN5O2S2/c22-14-4-3-5-16(12-14)25-21(30)24-15-8-10-17(11-9-15)31(28,29)27-20-13-23-18-6-1-2-7-19(18)26-20/h1-13H,(H,26,27)(H2,24,25,30). The van der Waals surface area contributed by atoms with E-state index in [0.717, 1.165) is 5.69 Å². The van der Waals surface area contributed by atoms with Crippen molar-refractivity contribution in [3.63, 3.8) is 0 Å². The molecule has 1 aromatic heterocycles. The first-order valence-electron chi connectivity index (χ1n) is 9.07. The second-order valence-corrected chi connectivity index (χ2v) is 8.99. The lowest BCUT2D eigenvalue weighted by Gasteiger charge is -2.12. The van der Waals surface area contributed by atoms with Crippen LogP contribution in [-0.4, -0.2) is 23.5 Å². The summed E-state index contributed by atoms with van der Waals surface area (Å²) >= 11 is 11.2. The number of nitrogens with one attached hydrogen (secondary N) is 3. The molecule has 0 aliphatic heterocycles. The van der Waals surface area contributed by atoms with Gasteiger partial charge in [-0.15, -0.1) is 0 Å². The molecule has 156 valence electrons. The van der Waals surface area contributed by atoms with Crippen LogP contribution in [0, 0.1) is 0 Å². The number of fused-ring (bicyclic) bond motifs is 1. The van der Waals surface area contributed by atoms with Gasteiger partial charge in [-0.05, 0) is 66.8 Å². The smallest absolute Gasteiger partial charge is 0.263 e. The summed E-state index contributed by atoms with van der Waals surface area (Å²) in [5.41, 5.74) is 2.65. The largest absolute Gasteiger partial charge is 0.332 e. The van der Waals surface area contributed by atoms with Crippen LogP contribution in [0.4, 0.5) is 17.2 Å². The Hall–Kier alpha value is -3.27. The number of benzene rings is 3. The Labute approximate surface area is 189 Å². The van der Waals surface area contributed by atoms with Gasteiger partial charge in [0.05, 0.1) is 22.1 Å². The predicted molar refractivity (Wildman–Crippen MR) is 128 cm³/mol. The number of nitrogens with zero attached hydrogens (tertiary/aromatic N) is 2. The molecule has 3 aromatic carbocycles. The van der Waals surface area contributed by atoms with Crippen LogP contribution in [0.3, 0.4) is 0 Å². The van der Waals surface area contributed by atoms with Gasteiger partial charge in [0.15, 0.2) is 10.9 Å². The zero-order valence-corrected chi connectivity index (χ0v) is 18.3. The van der Waals surface area contributed by atoms with E-state index in [1.54, 1.807) is 42.5 Å². The van der Waals surface area contributed by atoms with Gasteiger partial charge in [-0.3, -0.25) is 9.71 Å². The zero-order chi connectivity index (χ0) is 21.8. The molecule has 0 unspecified atom stereocenters. The molecule has 0 atom stereocenters. The van der Waals surface area contributed by atoms with Crippen molar-refractivity contribution in [3.05, 3.63) is 84.0 Å². The fourth-order valence-electron chi connectivity index (χ4n) is 2.78. The molecule has 3 N–H and O–H groups in total. The van der Waals surface area contributed by atoms with Gasteiger partial charge in [0.2, 0.25) is 0 Å². The van der Waals surface area contributed by atoms with Crippen LogP contribution < -0.4 is 15.4 Å². The van der Waals surface area contributed by atoms with Crippen LogP contribution in [0.5, 0.6) is 0 Å². The minimum Gasteiger partial charge on any atom is -0.332 e.